The highest BCUT2D eigenvalue weighted by Crippen LogP contribution is 2.44. The van der Waals surface area contributed by atoms with Crippen molar-refractivity contribution in [3.8, 4) is 0 Å². The number of hydrogen-bond donors (Lipinski definition) is 2. The fourth-order valence-electron chi connectivity index (χ4n) is 6.33. The molecule has 1 aromatic carbocycles. The second kappa shape index (κ2) is 11.6. The quantitative estimate of drug-likeness (QED) is 0.408. The van der Waals surface area contributed by atoms with E-state index in [0.717, 1.165) is 61.2 Å². The van der Waals surface area contributed by atoms with Gasteiger partial charge in [0, 0.05) is 30.9 Å². The van der Waals surface area contributed by atoms with Crippen LogP contribution in [0.1, 0.15) is 96.6 Å². The van der Waals surface area contributed by atoms with Crippen LogP contribution < -0.4 is 10.6 Å². The number of rotatable bonds is 5. The van der Waals surface area contributed by atoms with E-state index in [4.69, 9.17) is 0 Å². The molecule has 38 heavy (non-hydrogen) atoms. The van der Waals surface area contributed by atoms with Crippen LogP contribution in [0.3, 0.4) is 0 Å². The van der Waals surface area contributed by atoms with Gasteiger partial charge < -0.3 is 10.6 Å². The number of alkyl halides is 3. The molecule has 4 rings (SSSR count). The van der Waals surface area contributed by atoms with Crippen LogP contribution in [0, 0.1) is 17.3 Å². The highest BCUT2D eigenvalue weighted by molar-refractivity contribution is 5.79. The Kier molecular flexibility index (Phi) is 8.81. The summed E-state index contributed by atoms with van der Waals surface area (Å²) in [5.41, 5.74) is 3.31. The third-order valence-corrected chi connectivity index (χ3v) is 8.70. The molecule has 0 spiro atoms. The molecule has 2 fully saturated rings. The van der Waals surface area contributed by atoms with Crippen molar-refractivity contribution in [1.82, 2.24) is 10.6 Å². The van der Waals surface area contributed by atoms with E-state index in [9.17, 15) is 18.0 Å². The molecule has 1 aromatic rings. The molecule has 1 saturated heterocycles. The summed E-state index contributed by atoms with van der Waals surface area (Å²) in [5.74, 6) is -2.31. The van der Waals surface area contributed by atoms with E-state index < -0.39 is 11.6 Å². The van der Waals surface area contributed by atoms with Crippen LogP contribution in [0.25, 0.3) is 0 Å². The van der Waals surface area contributed by atoms with Crippen LogP contribution in [0.2, 0.25) is 0 Å². The normalized spacial score (nSPS) is 27.3. The third kappa shape index (κ3) is 7.52. The summed E-state index contributed by atoms with van der Waals surface area (Å²) < 4.78 is 42.9. The Balaban J connectivity index is 1.80. The molecule has 3 aliphatic rings. The molecule has 1 amide bonds. The van der Waals surface area contributed by atoms with Crippen molar-refractivity contribution in [2.45, 2.75) is 103 Å². The molecule has 6 heteroatoms. The zero-order valence-corrected chi connectivity index (χ0v) is 23.6. The van der Waals surface area contributed by atoms with Crippen molar-refractivity contribution < 1.29 is 18.0 Å². The van der Waals surface area contributed by atoms with Gasteiger partial charge >= 0.3 is 0 Å². The van der Waals surface area contributed by atoms with E-state index in [1.165, 1.54) is 0 Å². The van der Waals surface area contributed by atoms with Gasteiger partial charge in [0.15, 0.2) is 0 Å². The van der Waals surface area contributed by atoms with Crippen molar-refractivity contribution in [2.75, 3.05) is 13.1 Å². The number of hydrogen-bond acceptors (Lipinski definition) is 2. The van der Waals surface area contributed by atoms with Crippen LogP contribution in [-0.4, -0.2) is 24.9 Å². The van der Waals surface area contributed by atoms with Gasteiger partial charge in [-0.05, 0) is 105 Å². The molecule has 2 heterocycles. The van der Waals surface area contributed by atoms with Crippen molar-refractivity contribution in [1.29, 1.82) is 0 Å². The summed E-state index contributed by atoms with van der Waals surface area (Å²) in [6.45, 7) is 9.14. The van der Waals surface area contributed by atoms with Crippen LogP contribution in [-0.2, 0) is 16.9 Å². The molecular formula is C32H45F3N2O. The van der Waals surface area contributed by atoms with Crippen LogP contribution in [0.4, 0.5) is 13.2 Å². The maximum atomic E-state index is 14.5. The molecule has 0 radical (unpaired) electrons. The molecular weight excluding hydrogens is 485 g/mol. The molecule has 1 saturated carbocycles. The average molecular weight is 531 g/mol. The SMILES string of the molecule is CC1(C)CC/C=C(C2CCC(F)(F)CC2)/C(Cc2ccc(C(C)(C)F)cc2)=C(/C2CCNCC2)NC(=O)C1. The van der Waals surface area contributed by atoms with Gasteiger partial charge in [-0.3, -0.25) is 4.79 Å². The van der Waals surface area contributed by atoms with Gasteiger partial charge in [-0.2, -0.15) is 0 Å². The van der Waals surface area contributed by atoms with Crippen molar-refractivity contribution in [3.63, 3.8) is 0 Å². The van der Waals surface area contributed by atoms with Crippen LogP contribution >= 0.6 is 0 Å². The lowest BCUT2D eigenvalue weighted by Crippen LogP contribution is -2.38. The van der Waals surface area contributed by atoms with Gasteiger partial charge in [0.2, 0.25) is 11.8 Å². The smallest absolute Gasteiger partial charge is 0.248 e. The molecule has 0 unspecified atom stereocenters. The first-order valence-electron chi connectivity index (χ1n) is 14.4. The first-order valence-corrected chi connectivity index (χ1v) is 14.4. The molecule has 0 bridgehead atoms. The zero-order chi connectivity index (χ0) is 27.6. The van der Waals surface area contributed by atoms with Crippen molar-refractivity contribution in [2.24, 2.45) is 17.3 Å². The van der Waals surface area contributed by atoms with Crippen molar-refractivity contribution in [3.05, 3.63) is 58.3 Å². The first kappa shape index (κ1) is 28.9. The Morgan fingerprint density at radius 3 is 2.18 bits per heavy atom. The van der Waals surface area contributed by atoms with E-state index in [1.54, 1.807) is 13.8 Å². The van der Waals surface area contributed by atoms with Gasteiger partial charge in [0.1, 0.15) is 5.67 Å². The Bertz CT molecular complexity index is 1030. The number of halogens is 3. The maximum Gasteiger partial charge on any atom is 0.248 e. The van der Waals surface area contributed by atoms with Gasteiger partial charge in [-0.1, -0.05) is 44.2 Å². The van der Waals surface area contributed by atoms with Crippen LogP contribution in [0.15, 0.2) is 47.2 Å². The fourth-order valence-corrected chi connectivity index (χ4v) is 6.33. The highest BCUT2D eigenvalue weighted by Gasteiger charge is 2.38. The van der Waals surface area contributed by atoms with Crippen molar-refractivity contribution >= 4 is 5.91 Å². The van der Waals surface area contributed by atoms with Gasteiger partial charge in [0.25, 0.3) is 0 Å². The molecule has 0 atom stereocenters. The van der Waals surface area contributed by atoms with Gasteiger partial charge in [0.05, 0.1) is 0 Å². The topological polar surface area (TPSA) is 41.1 Å². The predicted molar refractivity (Wildman–Crippen MR) is 148 cm³/mol. The lowest BCUT2D eigenvalue weighted by molar-refractivity contribution is -0.122. The summed E-state index contributed by atoms with van der Waals surface area (Å²) in [6.07, 6.45) is 7.59. The molecule has 0 aromatic heterocycles. The summed E-state index contributed by atoms with van der Waals surface area (Å²) >= 11 is 0. The minimum atomic E-state index is -2.60. The summed E-state index contributed by atoms with van der Waals surface area (Å²) in [7, 11) is 0. The summed E-state index contributed by atoms with van der Waals surface area (Å²) in [6, 6.07) is 7.62. The average Bonchev–Trinajstić information content (AvgIpc) is 2.84. The predicted octanol–water partition coefficient (Wildman–Crippen LogP) is 7.77. The zero-order valence-electron chi connectivity index (χ0n) is 23.6. The summed E-state index contributed by atoms with van der Waals surface area (Å²) in [5, 5.41) is 6.80. The first-order chi connectivity index (χ1) is 17.8. The van der Waals surface area contributed by atoms with Gasteiger partial charge in [-0.15, -0.1) is 0 Å². The van der Waals surface area contributed by atoms with E-state index in [2.05, 4.69) is 30.6 Å². The lowest BCUT2D eigenvalue weighted by Gasteiger charge is -2.36. The fraction of sp³-hybridized carbons (Fsp3) is 0.656. The minimum absolute atomic E-state index is 0.0342. The van der Waals surface area contributed by atoms with E-state index >= 15 is 0 Å². The monoisotopic (exact) mass is 530 g/mol. The molecule has 2 aliphatic heterocycles. The number of piperidine rings is 1. The Morgan fingerprint density at radius 2 is 1.58 bits per heavy atom. The molecule has 3 nitrogen and oxygen atoms in total. The number of amides is 1. The molecule has 2 N–H and O–H groups in total. The minimum Gasteiger partial charge on any atom is -0.329 e. The van der Waals surface area contributed by atoms with Gasteiger partial charge in [-0.25, -0.2) is 13.2 Å². The number of benzene rings is 1. The number of nitrogens with one attached hydrogen (secondary N) is 2. The lowest BCUT2D eigenvalue weighted by atomic mass is 9.74. The Labute approximate surface area is 226 Å². The Hall–Kier alpha value is -2.08. The largest absolute Gasteiger partial charge is 0.329 e. The second-order valence-corrected chi connectivity index (χ2v) is 13.0. The maximum absolute atomic E-state index is 14.5. The molecule has 210 valence electrons. The number of allylic oxidation sites excluding steroid dienone is 4. The molecule has 1 aliphatic carbocycles. The van der Waals surface area contributed by atoms with E-state index in [1.807, 2.05) is 24.3 Å². The van der Waals surface area contributed by atoms with E-state index in [0.29, 0.717) is 31.2 Å². The highest BCUT2D eigenvalue weighted by atomic mass is 19.3. The van der Waals surface area contributed by atoms with E-state index in [-0.39, 0.29) is 36.0 Å². The third-order valence-electron chi connectivity index (χ3n) is 8.70. The standard InChI is InChI=1S/C32H45F3N2O/c1-30(2)15-5-6-26(23-11-16-32(34,35)17-12-23)27(20-22-7-9-25(10-8-22)31(3,4)33)29(37-28(38)21-30)24-13-18-36-19-14-24/h6-10,23-24,36H,5,11-21H2,1-4H3,(H,37,38)/b26-6+,29-27-. The van der Waals surface area contributed by atoms with Crippen LogP contribution in [0.5, 0.6) is 0 Å². The number of carbonyl (C=O) groups is 1. The Morgan fingerprint density at radius 1 is 0.947 bits per heavy atom. The number of carbonyl (C=O) groups excluding carboxylic acids is 1. The summed E-state index contributed by atoms with van der Waals surface area (Å²) in [4.78, 5) is 13.4. The second-order valence-electron chi connectivity index (χ2n) is 13.0.